The Bertz CT molecular complexity index is 660. The molecule has 0 saturated heterocycles. The van der Waals surface area contributed by atoms with Gasteiger partial charge in [-0.15, -0.1) is 0 Å². The van der Waals surface area contributed by atoms with Crippen molar-refractivity contribution in [1.29, 1.82) is 0 Å². The Morgan fingerprint density at radius 2 is 1.72 bits per heavy atom. The maximum absolute atomic E-state index is 11.5. The lowest BCUT2D eigenvalue weighted by atomic mass is 10.3. The van der Waals surface area contributed by atoms with Gasteiger partial charge in [-0.05, 0) is 24.3 Å². The number of amides is 2. The molecule has 2 amide bonds. The second-order valence-electron chi connectivity index (χ2n) is 4.62. The van der Waals surface area contributed by atoms with Crippen LogP contribution in [0.1, 0.15) is 0 Å². The molecule has 0 unspecified atom stereocenters. The number of hydrogen-bond acceptors (Lipinski definition) is 7. The van der Waals surface area contributed by atoms with Gasteiger partial charge in [-0.1, -0.05) is 11.6 Å². The highest BCUT2D eigenvalue weighted by Crippen LogP contribution is 2.15. The zero-order chi connectivity index (χ0) is 18.1. The molecule has 10 heteroatoms. The lowest BCUT2D eigenvalue weighted by molar-refractivity contribution is -0.149. The van der Waals surface area contributed by atoms with Crippen LogP contribution in [-0.2, 0) is 28.6 Å². The fourth-order valence-electron chi connectivity index (χ4n) is 1.57. The van der Waals surface area contributed by atoms with Crippen LogP contribution in [0.4, 0.5) is 0 Å². The van der Waals surface area contributed by atoms with Crippen molar-refractivity contribution in [2.75, 3.05) is 26.4 Å². The Morgan fingerprint density at radius 3 is 2.36 bits per heavy atom. The molecule has 1 aliphatic heterocycles. The summed E-state index contributed by atoms with van der Waals surface area (Å²) in [6.07, 6.45) is 1.11. The zero-order valence-corrected chi connectivity index (χ0v) is 13.7. The molecular weight excluding hydrogens is 356 g/mol. The fraction of sp³-hybridized carbons (Fsp3) is 0.267. The number of nitrogens with one attached hydrogen (secondary N) is 2. The van der Waals surface area contributed by atoms with Gasteiger partial charge in [0.15, 0.2) is 13.2 Å². The number of ether oxygens (including phenoxy) is 4. The van der Waals surface area contributed by atoms with Gasteiger partial charge in [0.05, 0.1) is 0 Å². The minimum Gasteiger partial charge on any atom is -0.493 e. The summed E-state index contributed by atoms with van der Waals surface area (Å²) in [5.74, 6) is -1.85. The number of halogens is 1. The lowest BCUT2D eigenvalue weighted by Gasteiger charge is -2.14. The summed E-state index contributed by atoms with van der Waals surface area (Å²) in [6.45, 7) is -0.365. The molecule has 1 aliphatic rings. The molecule has 0 atom stereocenters. The van der Waals surface area contributed by atoms with E-state index in [1.165, 1.54) is 0 Å². The third-order valence-corrected chi connectivity index (χ3v) is 2.96. The molecule has 25 heavy (non-hydrogen) atoms. The Kier molecular flexibility index (Phi) is 6.90. The van der Waals surface area contributed by atoms with Gasteiger partial charge in [-0.25, -0.2) is 4.79 Å². The molecule has 1 aromatic carbocycles. The van der Waals surface area contributed by atoms with Crippen molar-refractivity contribution in [3.05, 3.63) is 41.3 Å². The molecule has 0 aromatic heterocycles. The van der Waals surface area contributed by atoms with E-state index in [0.717, 1.165) is 6.26 Å². The van der Waals surface area contributed by atoms with Gasteiger partial charge in [-0.3, -0.25) is 20.4 Å². The molecule has 0 bridgehead atoms. The lowest BCUT2D eigenvalue weighted by Crippen LogP contribution is -2.45. The van der Waals surface area contributed by atoms with E-state index in [4.69, 9.17) is 30.5 Å². The average molecular weight is 371 g/mol. The maximum Gasteiger partial charge on any atom is 0.377 e. The first-order valence-electron chi connectivity index (χ1n) is 7.12. The molecule has 0 saturated carbocycles. The quantitative estimate of drug-likeness (QED) is 0.547. The molecule has 1 aromatic rings. The highest BCUT2D eigenvalue weighted by molar-refractivity contribution is 6.30. The van der Waals surface area contributed by atoms with Gasteiger partial charge in [-0.2, -0.15) is 0 Å². The van der Waals surface area contributed by atoms with E-state index in [1.807, 2.05) is 0 Å². The third-order valence-electron chi connectivity index (χ3n) is 2.71. The standard InChI is InChI=1S/C15H15ClN2O7/c16-10-1-3-11(4-2-10)24-8-13(19)17-18-14(20)9-25-15(21)12-7-22-5-6-23-12/h1-4,7H,5-6,8-9H2,(H,17,19)(H,18,20). The van der Waals surface area contributed by atoms with Crippen molar-refractivity contribution in [2.24, 2.45) is 0 Å². The van der Waals surface area contributed by atoms with E-state index >= 15 is 0 Å². The number of carbonyl (C=O) groups is 3. The smallest absolute Gasteiger partial charge is 0.377 e. The van der Waals surface area contributed by atoms with Gasteiger partial charge < -0.3 is 18.9 Å². The first-order chi connectivity index (χ1) is 12.0. The van der Waals surface area contributed by atoms with Gasteiger partial charge >= 0.3 is 5.97 Å². The van der Waals surface area contributed by atoms with Crippen molar-refractivity contribution >= 4 is 29.4 Å². The van der Waals surface area contributed by atoms with E-state index < -0.39 is 24.4 Å². The van der Waals surface area contributed by atoms with Crippen LogP contribution in [0.25, 0.3) is 0 Å². The van der Waals surface area contributed by atoms with Gasteiger partial charge in [0.2, 0.25) is 5.76 Å². The van der Waals surface area contributed by atoms with E-state index in [9.17, 15) is 14.4 Å². The molecule has 2 rings (SSSR count). The molecule has 0 radical (unpaired) electrons. The minimum absolute atomic E-state index is 0.126. The Morgan fingerprint density at radius 1 is 1.04 bits per heavy atom. The van der Waals surface area contributed by atoms with Crippen molar-refractivity contribution in [3.63, 3.8) is 0 Å². The van der Waals surface area contributed by atoms with E-state index in [2.05, 4.69) is 10.9 Å². The number of hydrogen-bond donors (Lipinski definition) is 2. The first kappa shape index (κ1) is 18.4. The molecule has 1 heterocycles. The second-order valence-corrected chi connectivity index (χ2v) is 5.05. The zero-order valence-electron chi connectivity index (χ0n) is 13.0. The summed E-state index contributed by atoms with van der Waals surface area (Å²) in [6, 6.07) is 6.42. The second kappa shape index (κ2) is 9.38. The van der Waals surface area contributed by atoms with Crippen LogP contribution in [0.2, 0.25) is 5.02 Å². The molecule has 9 nitrogen and oxygen atoms in total. The van der Waals surface area contributed by atoms with Gasteiger partial charge in [0, 0.05) is 5.02 Å². The topological polar surface area (TPSA) is 112 Å². The van der Waals surface area contributed by atoms with E-state index in [0.29, 0.717) is 17.4 Å². The van der Waals surface area contributed by atoms with Crippen molar-refractivity contribution in [3.8, 4) is 5.75 Å². The predicted octanol–water partition coefficient (Wildman–Crippen LogP) is 0.298. The highest BCUT2D eigenvalue weighted by atomic mass is 35.5. The predicted molar refractivity (Wildman–Crippen MR) is 84.2 cm³/mol. The summed E-state index contributed by atoms with van der Waals surface area (Å²) in [4.78, 5) is 34.6. The maximum atomic E-state index is 11.5. The molecule has 0 spiro atoms. The molecule has 0 aliphatic carbocycles. The van der Waals surface area contributed by atoms with Crippen LogP contribution < -0.4 is 15.6 Å². The van der Waals surface area contributed by atoms with Crippen LogP contribution in [-0.4, -0.2) is 44.2 Å². The summed E-state index contributed by atoms with van der Waals surface area (Å²) in [7, 11) is 0. The van der Waals surface area contributed by atoms with Crippen LogP contribution in [0.5, 0.6) is 5.75 Å². The molecular formula is C15H15ClN2O7. The summed E-state index contributed by atoms with van der Waals surface area (Å²) < 4.78 is 19.8. The Labute approximate surface area is 147 Å². The van der Waals surface area contributed by atoms with Crippen LogP contribution in [0, 0.1) is 0 Å². The Balaban J connectivity index is 1.62. The van der Waals surface area contributed by atoms with Crippen molar-refractivity contribution < 1.29 is 33.3 Å². The molecule has 134 valence electrons. The third kappa shape index (κ3) is 6.60. The number of hydrazine groups is 1. The average Bonchev–Trinajstić information content (AvgIpc) is 2.64. The highest BCUT2D eigenvalue weighted by Gasteiger charge is 2.18. The van der Waals surface area contributed by atoms with E-state index in [1.54, 1.807) is 24.3 Å². The fourth-order valence-corrected chi connectivity index (χ4v) is 1.69. The SMILES string of the molecule is O=C(COC(=O)C1=COCCO1)NNC(=O)COc1ccc(Cl)cc1. The number of rotatable bonds is 6. The molecule has 2 N–H and O–H groups in total. The van der Waals surface area contributed by atoms with Gasteiger partial charge in [0.1, 0.15) is 25.2 Å². The van der Waals surface area contributed by atoms with Crippen molar-refractivity contribution in [2.45, 2.75) is 0 Å². The van der Waals surface area contributed by atoms with Crippen LogP contribution in [0.3, 0.4) is 0 Å². The van der Waals surface area contributed by atoms with Gasteiger partial charge in [0.25, 0.3) is 11.8 Å². The van der Waals surface area contributed by atoms with Crippen molar-refractivity contribution in [1.82, 2.24) is 10.9 Å². The van der Waals surface area contributed by atoms with Crippen LogP contribution >= 0.6 is 11.6 Å². The number of esters is 1. The summed E-state index contributed by atoms with van der Waals surface area (Å²) >= 11 is 5.72. The first-order valence-corrected chi connectivity index (χ1v) is 7.50. The largest absolute Gasteiger partial charge is 0.493 e. The van der Waals surface area contributed by atoms with Crippen LogP contribution in [0.15, 0.2) is 36.3 Å². The normalized spacial score (nSPS) is 12.8. The minimum atomic E-state index is -0.841. The summed E-state index contributed by atoms with van der Waals surface area (Å²) in [5.41, 5.74) is 4.19. The Hall–Kier alpha value is -2.94. The number of benzene rings is 1. The monoisotopic (exact) mass is 370 g/mol. The van der Waals surface area contributed by atoms with E-state index in [-0.39, 0.29) is 19.0 Å². The number of carbonyl (C=O) groups excluding carboxylic acids is 3. The molecule has 0 fully saturated rings. The summed E-state index contributed by atoms with van der Waals surface area (Å²) in [5, 5.41) is 0.541.